The van der Waals surface area contributed by atoms with Crippen LogP contribution in [0.15, 0.2) is 18.5 Å². The molecule has 0 saturated heterocycles. The Kier molecular flexibility index (Phi) is 2.07. The number of nitrogens with zero attached hydrogens (tertiary/aromatic N) is 2. The lowest BCUT2D eigenvalue weighted by Crippen LogP contribution is -1.98. The molecule has 1 aromatic heterocycles. The van der Waals surface area contributed by atoms with Crippen LogP contribution in [0.2, 0.25) is 0 Å². The van der Waals surface area contributed by atoms with E-state index in [-0.39, 0.29) is 5.56 Å². The molecule has 1 aromatic carbocycles. The molecular formula is C10H10N2O3. The summed E-state index contributed by atoms with van der Waals surface area (Å²) in [6.07, 6.45) is 1.62. The van der Waals surface area contributed by atoms with Crippen molar-refractivity contribution in [3.8, 4) is 5.75 Å². The number of fused-ring (bicyclic) bond motifs is 1. The van der Waals surface area contributed by atoms with Gasteiger partial charge in [0.15, 0.2) is 0 Å². The molecular weight excluding hydrogens is 196 g/mol. The molecule has 0 amide bonds. The fourth-order valence-corrected chi connectivity index (χ4v) is 1.48. The van der Waals surface area contributed by atoms with E-state index in [4.69, 9.17) is 9.84 Å². The highest BCUT2D eigenvalue weighted by atomic mass is 16.5. The first-order chi connectivity index (χ1) is 7.13. The highest BCUT2D eigenvalue weighted by Crippen LogP contribution is 2.25. The topological polar surface area (TPSA) is 64.3 Å². The second-order valence-electron chi connectivity index (χ2n) is 3.21. The first-order valence-electron chi connectivity index (χ1n) is 4.36. The molecule has 1 heterocycles. The summed E-state index contributed by atoms with van der Waals surface area (Å²) in [7, 11) is 3.30. The lowest BCUT2D eigenvalue weighted by molar-refractivity contribution is 0.0696. The van der Waals surface area contributed by atoms with Crippen LogP contribution in [0.1, 0.15) is 10.4 Å². The van der Waals surface area contributed by atoms with E-state index in [1.165, 1.54) is 13.2 Å². The summed E-state index contributed by atoms with van der Waals surface area (Å²) in [6, 6.07) is 3.05. The van der Waals surface area contributed by atoms with Crippen LogP contribution >= 0.6 is 0 Å². The Hall–Kier alpha value is -2.04. The van der Waals surface area contributed by atoms with Crippen LogP contribution < -0.4 is 4.74 Å². The zero-order valence-electron chi connectivity index (χ0n) is 8.39. The van der Waals surface area contributed by atoms with Crippen molar-refractivity contribution in [2.24, 2.45) is 7.05 Å². The van der Waals surface area contributed by atoms with Gasteiger partial charge in [0.1, 0.15) is 11.3 Å². The number of carbonyl (C=O) groups is 1. The Morgan fingerprint density at radius 1 is 1.53 bits per heavy atom. The lowest BCUT2D eigenvalue weighted by atomic mass is 10.2. The molecule has 0 atom stereocenters. The minimum atomic E-state index is -0.976. The smallest absolute Gasteiger partial charge is 0.335 e. The third-order valence-corrected chi connectivity index (χ3v) is 2.26. The molecule has 0 aliphatic heterocycles. The number of aromatic carboxylic acids is 1. The van der Waals surface area contributed by atoms with Gasteiger partial charge in [-0.25, -0.2) is 9.78 Å². The molecule has 0 aliphatic carbocycles. The van der Waals surface area contributed by atoms with Crippen molar-refractivity contribution in [2.75, 3.05) is 7.11 Å². The first kappa shape index (κ1) is 9.51. The minimum absolute atomic E-state index is 0.197. The number of hydrogen-bond acceptors (Lipinski definition) is 3. The normalized spacial score (nSPS) is 10.5. The van der Waals surface area contributed by atoms with Crippen LogP contribution in [-0.2, 0) is 7.05 Å². The molecule has 0 aliphatic rings. The lowest BCUT2D eigenvalue weighted by Gasteiger charge is -2.03. The minimum Gasteiger partial charge on any atom is -0.494 e. The van der Waals surface area contributed by atoms with E-state index in [0.717, 1.165) is 5.52 Å². The van der Waals surface area contributed by atoms with Crippen molar-refractivity contribution in [1.29, 1.82) is 0 Å². The van der Waals surface area contributed by atoms with E-state index < -0.39 is 5.97 Å². The monoisotopic (exact) mass is 206 g/mol. The number of hydrogen-bond donors (Lipinski definition) is 1. The maximum absolute atomic E-state index is 10.9. The van der Waals surface area contributed by atoms with E-state index in [1.54, 1.807) is 24.0 Å². The first-order valence-corrected chi connectivity index (χ1v) is 4.36. The standard InChI is InChI=1S/C10H10N2O3/c1-12-5-11-9-7(12)3-6(10(13)14)4-8(9)15-2/h3-5H,1-2H3,(H,13,14). The summed E-state index contributed by atoms with van der Waals surface area (Å²) in [5.74, 6) is -0.498. The number of rotatable bonds is 2. The van der Waals surface area contributed by atoms with Crippen LogP contribution in [0.5, 0.6) is 5.75 Å². The molecule has 2 rings (SSSR count). The highest BCUT2D eigenvalue weighted by molar-refractivity contribution is 5.95. The average Bonchev–Trinajstić information content (AvgIpc) is 2.59. The molecule has 15 heavy (non-hydrogen) atoms. The number of carboxylic acid groups (broad SMARTS) is 1. The maximum Gasteiger partial charge on any atom is 0.335 e. The number of methoxy groups -OCH3 is 1. The maximum atomic E-state index is 10.9. The Bertz CT molecular complexity index is 531. The van der Waals surface area contributed by atoms with Crippen LogP contribution in [0.4, 0.5) is 0 Å². The summed E-state index contributed by atoms with van der Waals surface area (Å²) in [5, 5.41) is 8.91. The van der Waals surface area contributed by atoms with Gasteiger partial charge in [0.05, 0.1) is 24.5 Å². The van der Waals surface area contributed by atoms with Crippen LogP contribution in [0.3, 0.4) is 0 Å². The molecule has 0 radical (unpaired) electrons. The third kappa shape index (κ3) is 1.41. The predicted octanol–water partition coefficient (Wildman–Crippen LogP) is 1.28. The summed E-state index contributed by atoms with van der Waals surface area (Å²) in [4.78, 5) is 15.0. The second-order valence-corrected chi connectivity index (χ2v) is 3.21. The predicted molar refractivity (Wildman–Crippen MR) is 54.2 cm³/mol. The summed E-state index contributed by atoms with van der Waals surface area (Å²) >= 11 is 0. The number of imidazole rings is 1. The van der Waals surface area contributed by atoms with Crippen LogP contribution in [0, 0.1) is 0 Å². The fraction of sp³-hybridized carbons (Fsp3) is 0.200. The van der Waals surface area contributed by atoms with Gasteiger partial charge in [0, 0.05) is 7.05 Å². The molecule has 78 valence electrons. The molecule has 0 saturated carbocycles. The van der Waals surface area contributed by atoms with Gasteiger partial charge in [-0.3, -0.25) is 0 Å². The molecule has 0 fully saturated rings. The number of carboxylic acids is 1. The number of aromatic nitrogens is 2. The third-order valence-electron chi connectivity index (χ3n) is 2.26. The van der Waals surface area contributed by atoms with E-state index >= 15 is 0 Å². The van der Waals surface area contributed by atoms with Crippen molar-refractivity contribution < 1.29 is 14.6 Å². The number of ether oxygens (including phenoxy) is 1. The zero-order chi connectivity index (χ0) is 11.0. The average molecular weight is 206 g/mol. The van der Waals surface area contributed by atoms with Gasteiger partial charge in [-0.1, -0.05) is 0 Å². The number of benzene rings is 1. The number of aryl methyl sites for hydroxylation is 1. The molecule has 0 bridgehead atoms. The van der Waals surface area contributed by atoms with Crippen LogP contribution in [0.25, 0.3) is 11.0 Å². The van der Waals surface area contributed by atoms with Crippen molar-refractivity contribution >= 4 is 17.0 Å². The van der Waals surface area contributed by atoms with Crippen molar-refractivity contribution in [3.63, 3.8) is 0 Å². The summed E-state index contributed by atoms with van der Waals surface area (Å²) < 4.78 is 6.85. The van der Waals surface area contributed by atoms with Gasteiger partial charge in [-0.15, -0.1) is 0 Å². The Morgan fingerprint density at radius 3 is 2.87 bits per heavy atom. The largest absolute Gasteiger partial charge is 0.494 e. The van der Waals surface area contributed by atoms with Gasteiger partial charge in [0.25, 0.3) is 0 Å². The summed E-state index contributed by atoms with van der Waals surface area (Å²) in [5.41, 5.74) is 1.61. The second kappa shape index (κ2) is 3.27. The Balaban J connectivity index is 2.79. The van der Waals surface area contributed by atoms with Crippen molar-refractivity contribution in [2.45, 2.75) is 0 Å². The quantitative estimate of drug-likeness (QED) is 0.803. The van der Waals surface area contributed by atoms with E-state index in [2.05, 4.69) is 4.98 Å². The molecule has 2 aromatic rings. The molecule has 0 spiro atoms. The summed E-state index contributed by atoms with van der Waals surface area (Å²) in [6.45, 7) is 0. The van der Waals surface area contributed by atoms with E-state index in [1.807, 2.05) is 0 Å². The van der Waals surface area contributed by atoms with Crippen molar-refractivity contribution in [1.82, 2.24) is 9.55 Å². The van der Waals surface area contributed by atoms with Gasteiger partial charge in [-0.05, 0) is 12.1 Å². The SMILES string of the molecule is COc1cc(C(=O)O)cc2c1ncn2C. The Labute approximate surface area is 85.9 Å². The van der Waals surface area contributed by atoms with Crippen molar-refractivity contribution in [3.05, 3.63) is 24.0 Å². The van der Waals surface area contributed by atoms with Crippen LogP contribution in [-0.4, -0.2) is 27.7 Å². The molecule has 1 N–H and O–H groups in total. The van der Waals surface area contributed by atoms with E-state index in [9.17, 15) is 4.79 Å². The molecule has 5 heteroatoms. The van der Waals surface area contributed by atoms with Gasteiger partial charge < -0.3 is 14.4 Å². The highest BCUT2D eigenvalue weighted by Gasteiger charge is 2.12. The molecule has 0 unspecified atom stereocenters. The van der Waals surface area contributed by atoms with Gasteiger partial charge in [0.2, 0.25) is 0 Å². The fourth-order valence-electron chi connectivity index (χ4n) is 1.48. The van der Waals surface area contributed by atoms with Gasteiger partial charge >= 0.3 is 5.97 Å². The van der Waals surface area contributed by atoms with Gasteiger partial charge in [-0.2, -0.15) is 0 Å². The van der Waals surface area contributed by atoms with E-state index in [0.29, 0.717) is 11.3 Å². The zero-order valence-corrected chi connectivity index (χ0v) is 8.39. The molecule has 5 nitrogen and oxygen atoms in total. The Morgan fingerprint density at radius 2 is 2.27 bits per heavy atom.